The maximum Gasteiger partial charge on any atom is 0.199 e. The van der Waals surface area contributed by atoms with Gasteiger partial charge in [-0.2, -0.15) is 0 Å². The number of piperazine rings is 1. The van der Waals surface area contributed by atoms with Gasteiger partial charge in [0.1, 0.15) is 6.34 Å². The number of nitrogens with one attached hydrogen (secondary N) is 1. The van der Waals surface area contributed by atoms with E-state index in [9.17, 15) is 8.42 Å². The normalized spacial score (nSPS) is 19.2. The number of anilines is 2. The van der Waals surface area contributed by atoms with E-state index in [4.69, 9.17) is 10.5 Å². The van der Waals surface area contributed by atoms with Crippen LogP contribution in [-0.2, 0) is 14.6 Å². The third-order valence-electron chi connectivity index (χ3n) is 6.23. The second-order valence-corrected chi connectivity index (χ2v) is 10.7. The van der Waals surface area contributed by atoms with Crippen molar-refractivity contribution in [2.24, 2.45) is 15.7 Å². The van der Waals surface area contributed by atoms with Gasteiger partial charge in [0.15, 0.2) is 15.8 Å². The van der Waals surface area contributed by atoms with Gasteiger partial charge in [0.2, 0.25) is 0 Å². The lowest BCUT2D eigenvalue weighted by Crippen LogP contribution is -2.56. The van der Waals surface area contributed by atoms with E-state index in [2.05, 4.69) is 37.2 Å². The number of benzene rings is 2. The Morgan fingerprint density at radius 2 is 1.74 bits per heavy atom. The highest BCUT2D eigenvalue weighted by atomic mass is 32.2. The van der Waals surface area contributed by atoms with Crippen LogP contribution in [0.1, 0.15) is 18.5 Å². The zero-order chi connectivity index (χ0) is 24.1. The Labute approximate surface area is 201 Å². The number of nitrogens with two attached hydrogens (primary N) is 1. The van der Waals surface area contributed by atoms with Crippen molar-refractivity contribution in [3.05, 3.63) is 54.1 Å². The molecule has 0 radical (unpaired) electrons. The second-order valence-electron chi connectivity index (χ2n) is 8.68. The summed E-state index contributed by atoms with van der Waals surface area (Å²) in [6, 6.07) is 15.3. The third-order valence-corrected chi connectivity index (χ3v) is 7.36. The minimum atomic E-state index is -3.21. The first-order valence-corrected chi connectivity index (χ1v) is 13.3. The first kappa shape index (κ1) is 24.2. The van der Waals surface area contributed by atoms with Crippen molar-refractivity contribution in [3.63, 3.8) is 0 Å². The molecular weight excluding hydrogens is 452 g/mol. The number of hydrogen-bond donors (Lipinski definition) is 2. The van der Waals surface area contributed by atoms with E-state index in [1.165, 1.54) is 18.3 Å². The molecule has 0 saturated carbocycles. The van der Waals surface area contributed by atoms with Gasteiger partial charge in [0, 0.05) is 43.8 Å². The SMILES string of the molecule is CC(N=CN=C(N)Nc1ccc(N2CCN(C3COC3)CC2)cc1)c1ccc(S(C)(=O)=O)cc1. The predicted octanol–water partition coefficient (Wildman–Crippen LogP) is 2.13. The molecule has 0 amide bonds. The number of nitrogens with zero attached hydrogens (tertiary/aromatic N) is 4. The Kier molecular flexibility index (Phi) is 7.50. The van der Waals surface area contributed by atoms with Gasteiger partial charge in [-0.05, 0) is 48.9 Å². The van der Waals surface area contributed by atoms with Crippen LogP contribution in [0, 0.1) is 0 Å². The fourth-order valence-electron chi connectivity index (χ4n) is 3.99. The number of hydrogen-bond acceptors (Lipinski definition) is 6. The highest BCUT2D eigenvalue weighted by Crippen LogP contribution is 2.22. The molecule has 3 N–H and O–H groups in total. The Morgan fingerprint density at radius 3 is 2.29 bits per heavy atom. The Balaban J connectivity index is 1.27. The van der Waals surface area contributed by atoms with Gasteiger partial charge in [0.05, 0.1) is 30.2 Å². The monoisotopic (exact) mass is 484 g/mol. The summed E-state index contributed by atoms with van der Waals surface area (Å²) in [5.74, 6) is 0.243. The first-order valence-electron chi connectivity index (χ1n) is 11.4. The molecule has 10 heteroatoms. The van der Waals surface area contributed by atoms with Crippen LogP contribution in [-0.4, -0.2) is 77.3 Å². The van der Waals surface area contributed by atoms with E-state index in [0.29, 0.717) is 6.04 Å². The molecule has 0 spiro atoms. The van der Waals surface area contributed by atoms with Gasteiger partial charge >= 0.3 is 0 Å². The van der Waals surface area contributed by atoms with Crippen molar-refractivity contribution in [1.82, 2.24) is 4.90 Å². The van der Waals surface area contributed by atoms with Crippen LogP contribution >= 0.6 is 0 Å². The van der Waals surface area contributed by atoms with Gasteiger partial charge in [0.25, 0.3) is 0 Å². The maximum absolute atomic E-state index is 11.6. The summed E-state index contributed by atoms with van der Waals surface area (Å²) < 4.78 is 28.5. The molecule has 2 heterocycles. The number of aliphatic imine (C=N–C) groups is 2. The van der Waals surface area contributed by atoms with Crippen molar-refractivity contribution in [1.29, 1.82) is 0 Å². The number of sulfone groups is 1. The highest BCUT2D eigenvalue weighted by Gasteiger charge is 2.28. The van der Waals surface area contributed by atoms with Crippen LogP contribution < -0.4 is 16.0 Å². The second kappa shape index (κ2) is 10.5. The molecule has 2 aliphatic rings. The lowest BCUT2D eigenvalue weighted by molar-refractivity contribution is -0.0660. The first-order chi connectivity index (χ1) is 16.3. The summed E-state index contributed by atoms with van der Waals surface area (Å²) in [5, 5.41) is 3.08. The lowest BCUT2D eigenvalue weighted by atomic mass is 10.1. The maximum atomic E-state index is 11.6. The lowest BCUT2D eigenvalue weighted by Gasteiger charge is -2.43. The van der Waals surface area contributed by atoms with E-state index in [-0.39, 0.29) is 16.9 Å². The molecule has 34 heavy (non-hydrogen) atoms. The molecule has 0 bridgehead atoms. The summed E-state index contributed by atoms with van der Waals surface area (Å²) in [6.45, 7) is 7.79. The smallest absolute Gasteiger partial charge is 0.199 e. The van der Waals surface area contributed by atoms with E-state index in [1.54, 1.807) is 24.3 Å². The Hall–Kier alpha value is -2.95. The van der Waals surface area contributed by atoms with Crippen LogP contribution in [0.15, 0.2) is 63.4 Å². The third kappa shape index (κ3) is 6.13. The standard InChI is InChI=1S/C24H32N6O3S/c1-18(19-3-9-23(10-4-19)34(2,31)32)26-17-27-24(25)28-20-5-7-21(8-6-20)29-11-13-30(14-12-29)22-15-33-16-22/h3-10,17-18,22H,11-16H2,1-2H3,(H3,25,26,27,28). The molecule has 0 aromatic heterocycles. The molecule has 2 fully saturated rings. The molecule has 2 saturated heterocycles. The van der Waals surface area contributed by atoms with Crippen molar-refractivity contribution >= 4 is 33.5 Å². The molecule has 2 aromatic rings. The van der Waals surface area contributed by atoms with Gasteiger partial charge < -0.3 is 20.7 Å². The van der Waals surface area contributed by atoms with Crippen LogP contribution in [0.2, 0.25) is 0 Å². The molecule has 2 aromatic carbocycles. The van der Waals surface area contributed by atoms with E-state index < -0.39 is 9.84 Å². The van der Waals surface area contributed by atoms with Gasteiger partial charge in [-0.25, -0.2) is 13.4 Å². The predicted molar refractivity (Wildman–Crippen MR) is 137 cm³/mol. The summed E-state index contributed by atoms with van der Waals surface area (Å²) in [7, 11) is -3.21. The molecule has 1 atom stereocenters. The molecule has 4 rings (SSSR count). The quantitative estimate of drug-likeness (QED) is 0.457. The summed E-state index contributed by atoms with van der Waals surface area (Å²) in [6.07, 6.45) is 2.60. The molecule has 1 unspecified atom stereocenters. The topological polar surface area (TPSA) is 113 Å². The van der Waals surface area contributed by atoms with Crippen molar-refractivity contribution in [2.75, 3.05) is 55.9 Å². The van der Waals surface area contributed by atoms with E-state index >= 15 is 0 Å². The van der Waals surface area contributed by atoms with Gasteiger partial charge in [-0.1, -0.05) is 12.1 Å². The van der Waals surface area contributed by atoms with Gasteiger partial charge in [-0.15, -0.1) is 0 Å². The molecular formula is C24H32N6O3S. The summed E-state index contributed by atoms with van der Waals surface area (Å²) in [5.41, 5.74) is 8.94. The molecule has 182 valence electrons. The summed E-state index contributed by atoms with van der Waals surface area (Å²) >= 11 is 0. The minimum Gasteiger partial charge on any atom is -0.378 e. The van der Waals surface area contributed by atoms with E-state index in [0.717, 1.165) is 50.6 Å². The fourth-order valence-corrected chi connectivity index (χ4v) is 4.62. The fraction of sp³-hybridized carbons (Fsp3) is 0.417. The van der Waals surface area contributed by atoms with Crippen LogP contribution in [0.5, 0.6) is 0 Å². The van der Waals surface area contributed by atoms with E-state index in [1.807, 2.05) is 19.1 Å². The molecule has 2 aliphatic heterocycles. The van der Waals surface area contributed by atoms with Crippen LogP contribution in [0.3, 0.4) is 0 Å². The van der Waals surface area contributed by atoms with Crippen molar-refractivity contribution in [2.45, 2.75) is 23.9 Å². The minimum absolute atomic E-state index is 0.179. The van der Waals surface area contributed by atoms with Gasteiger partial charge in [-0.3, -0.25) is 9.89 Å². The number of guanidine groups is 1. The Bertz CT molecular complexity index is 1120. The summed E-state index contributed by atoms with van der Waals surface area (Å²) in [4.78, 5) is 13.7. The highest BCUT2D eigenvalue weighted by molar-refractivity contribution is 7.90. The van der Waals surface area contributed by atoms with Crippen LogP contribution in [0.25, 0.3) is 0 Å². The zero-order valence-corrected chi connectivity index (χ0v) is 20.4. The number of rotatable bonds is 7. The largest absolute Gasteiger partial charge is 0.378 e. The number of ether oxygens (including phenoxy) is 1. The average Bonchev–Trinajstić information content (AvgIpc) is 2.78. The van der Waals surface area contributed by atoms with Crippen LogP contribution in [0.4, 0.5) is 11.4 Å². The zero-order valence-electron chi connectivity index (χ0n) is 19.6. The Morgan fingerprint density at radius 1 is 1.09 bits per heavy atom. The van der Waals surface area contributed by atoms with Crippen molar-refractivity contribution < 1.29 is 13.2 Å². The molecule has 9 nitrogen and oxygen atoms in total. The van der Waals surface area contributed by atoms with Crippen molar-refractivity contribution in [3.8, 4) is 0 Å². The average molecular weight is 485 g/mol. The molecule has 0 aliphatic carbocycles.